The predicted molar refractivity (Wildman–Crippen MR) is 65.6 cm³/mol. The third-order valence-corrected chi connectivity index (χ3v) is 3.24. The minimum atomic E-state index is 0.167. The highest BCUT2D eigenvalue weighted by molar-refractivity contribution is 5.76. The van der Waals surface area contributed by atoms with Gasteiger partial charge in [0.2, 0.25) is 5.91 Å². The maximum absolute atomic E-state index is 11.8. The summed E-state index contributed by atoms with van der Waals surface area (Å²) in [5.74, 6) is 1.52. The number of H-pyrrole nitrogens is 1. The molecule has 5 heteroatoms. The molecule has 1 unspecified atom stereocenters. The highest BCUT2D eigenvalue weighted by Gasteiger charge is 2.25. The van der Waals surface area contributed by atoms with Gasteiger partial charge in [0.1, 0.15) is 5.82 Å². The zero-order valence-corrected chi connectivity index (χ0v) is 10.3. The molecule has 0 aliphatic carbocycles. The van der Waals surface area contributed by atoms with Crippen LogP contribution >= 0.6 is 0 Å². The van der Waals surface area contributed by atoms with E-state index in [2.05, 4.69) is 9.97 Å². The van der Waals surface area contributed by atoms with E-state index < -0.39 is 0 Å². The van der Waals surface area contributed by atoms with Gasteiger partial charge in [-0.15, -0.1) is 0 Å². The largest absolute Gasteiger partial charge is 0.346 e. The number of carbonyl (C=O) groups excluding carboxylic acids is 1. The van der Waals surface area contributed by atoms with Crippen molar-refractivity contribution in [2.75, 3.05) is 19.6 Å². The van der Waals surface area contributed by atoms with Crippen molar-refractivity contribution in [1.82, 2.24) is 14.9 Å². The standard InChI is InChI=1S/C12H20N4O/c1-9-7-14-12(15-9)10-3-2-6-16(8-10)11(17)4-5-13/h7,10H,2-6,8,13H2,1H3,(H,14,15). The number of aromatic amines is 1. The number of carbonyl (C=O) groups is 1. The van der Waals surface area contributed by atoms with Gasteiger partial charge in [0, 0.05) is 43.9 Å². The topological polar surface area (TPSA) is 75.0 Å². The number of amides is 1. The Bertz CT molecular complexity index is 388. The molecule has 1 aliphatic rings. The Morgan fingerprint density at radius 2 is 2.53 bits per heavy atom. The summed E-state index contributed by atoms with van der Waals surface area (Å²) >= 11 is 0. The number of nitrogens with one attached hydrogen (secondary N) is 1. The van der Waals surface area contributed by atoms with Gasteiger partial charge in [0.25, 0.3) is 0 Å². The van der Waals surface area contributed by atoms with E-state index in [9.17, 15) is 4.79 Å². The lowest BCUT2D eigenvalue weighted by atomic mass is 9.97. The van der Waals surface area contributed by atoms with Crippen LogP contribution in [0.25, 0.3) is 0 Å². The summed E-state index contributed by atoms with van der Waals surface area (Å²) < 4.78 is 0. The van der Waals surface area contributed by atoms with E-state index in [-0.39, 0.29) is 5.91 Å². The van der Waals surface area contributed by atoms with Crippen LogP contribution in [-0.4, -0.2) is 40.4 Å². The quantitative estimate of drug-likeness (QED) is 0.814. The summed E-state index contributed by atoms with van der Waals surface area (Å²) in [5, 5.41) is 0. The van der Waals surface area contributed by atoms with Crippen LogP contribution in [0.5, 0.6) is 0 Å². The molecule has 0 radical (unpaired) electrons. The van der Waals surface area contributed by atoms with Crippen molar-refractivity contribution in [3.8, 4) is 0 Å². The molecule has 1 aromatic rings. The van der Waals surface area contributed by atoms with Crippen molar-refractivity contribution in [3.05, 3.63) is 17.7 Å². The van der Waals surface area contributed by atoms with Gasteiger partial charge < -0.3 is 15.6 Å². The smallest absolute Gasteiger partial charge is 0.223 e. The van der Waals surface area contributed by atoms with Gasteiger partial charge in [-0.25, -0.2) is 4.98 Å². The molecule has 94 valence electrons. The molecule has 5 nitrogen and oxygen atoms in total. The first-order valence-corrected chi connectivity index (χ1v) is 6.20. The van der Waals surface area contributed by atoms with Crippen LogP contribution in [-0.2, 0) is 4.79 Å². The number of aromatic nitrogens is 2. The first-order chi connectivity index (χ1) is 8.20. The lowest BCUT2D eigenvalue weighted by Gasteiger charge is -2.31. The summed E-state index contributed by atoms with van der Waals surface area (Å²) in [6, 6.07) is 0. The van der Waals surface area contributed by atoms with Crippen molar-refractivity contribution in [1.29, 1.82) is 0 Å². The molecular weight excluding hydrogens is 216 g/mol. The van der Waals surface area contributed by atoms with E-state index in [0.717, 1.165) is 37.4 Å². The molecule has 17 heavy (non-hydrogen) atoms. The van der Waals surface area contributed by atoms with Gasteiger partial charge in [0.05, 0.1) is 0 Å². The molecule has 0 aromatic carbocycles. The van der Waals surface area contributed by atoms with Gasteiger partial charge in [-0.05, 0) is 19.8 Å². The Kier molecular flexibility index (Phi) is 3.78. The zero-order valence-electron chi connectivity index (χ0n) is 10.3. The van der Waals surface area contributed by atoms with Crippen LogP contribution in [0.4, 0.5) is 0 Å². The third kappa shape index (κ3) is 2.85. The monoisotopic (exact) mass is 236 g/mol. The first kappa shape index (κ1) is 12.1. The summed E-state index contributed by atoms with van der Waals surface area (Å²) in [4.78, 5) is 21.3. The molecule has 1 aromatic heterocycles. The molecule has 3 N–H and O–H groups in total. The number of rotatable bonds is 3. The number of piperidine rings is 1. The number of aryl methyl sites for hydroxylation is 1. The van der Waals surface area contributed by atoms with Crippen LogP contribution in [0, 0.1) is 6.92 Å². The van der Waals surface area contributed by atoms with Crippen LogP contribution in [0.3, 0.4) is 0 Å². The number of nitrogens with zero attached hydrogens (tertiary/aromatic N) is 2. The van der Waals surface area contributed by atoms with Gasteiger partial charge in [-0.1, -0.05) is 0 Å². The summed E-state index contributed by atoms with van der Waals surface area (Å²) in [5.41, 5.74) is 6.49. The number of hydrogen-bond donors (Lipinski definition) is 2. The highest BCUT2D eigenvalue weighted by Crippen LogP contribution is 2.24. The molecule has 0 spiro atoms. The minimum absolute atomic E-state index is 0.167. The fourth-order valence-corrected chi connectivity index (χ4v) is 2.35. The number of nitrogens with two attached hydrogens (primary N) is 1. The summed E-state index contributed by atoms with van der Waals surface area (Å²) in [6.07, 6.45) is 4.43. The van der Waals surface area contributed by atoms with Crippen molar-refractivity contribution >= 4 is 5.91 Å². The Balaban J connectivity index is 1.99. The summed E-state index contributed by atoms with van der Waals surface area (Å²) in [6.45, 7) is 4.05. The SMILES string of the molecule is Cc1cnc(C2CCCN(C(=O)CCN)C2)[nH]1. The average molecular weight is 236 g/mol. The van der Waals surface area contributed by atoms with E-state index in [0.29, 0.717) is 18.9 Å². The normalized spacial score (nSPS) is 20.6. The fourth-order valence-electron chi connectivity index (χ4n) is 2.35. The lowest BCUT2D eigenvalue weighted by molar-refractivity contribution is -0.132. The summed E-state index contributed by atoms with van der Waals surface area (Å²) in [7, 11) is 0. The highest BCUT2D eigenvalue weighted by atomic mass is 16.2. The van der Waals surface area contributed by atoms with Crippen molar-refractivity contribution in [3.63, 3.8) is 0 Å². The fraction of sp³-hybridized carbons (Fsp3) is 0.667. The van der Waals surface area contributed by atoms with Crippen LogP contribution < -0.4 is 5.73 Å². The maximum Gasteiger partial charge on any atom is 0.223 e. The molecule has 1 fully saturated rings. The van der Waals surface area contributed by atoms with E-state index in [1.807, 2.05) is 18.0 Å². The Morgan fingerprint density at radius 1 is 1.71 bits per heavy atom. The zero-order chi connectivity index (χ0) is 12.3. The number of imidazole rings is 1. The van der Waals surface area contributed by atoms with Gasteiger partial charge in [0.15, 0.2) is 0 Å². The lowest BCUT2D eigenvalue weighted by Crippen LogP contribution is -2.40. The number of likely N-dealkylation sites (tertiary alicyclic amines) is 1. The molecule has 0 bridgehead atoms. The Morgan fingerprint density at radius 3 is 3.18 bits per heavy atom. The van der Waals surface area contributed by atoms with E-state index >= 15 is 0 Å². The predicted octanol–water partition coefficient (Wildman–Crippen LogP) is 0.773. The third-order valence-electron chi connectivity index (χ3n) is 3.24. The molecule has 2 heterocycles. The second kappa shape index (κ2) is 5.31. The molecule has 1 aliphatic heterocycles. The maximum atomic E-state index is 11.8. The van der Waals surface area contributed by atoms with Crippen molar-refractivity contribution < 1.29 is 4.79 Å². The van der Waals surface area contributed by atoms with E-state index in [1.54, 1.807) is 0 Å². The molecule has 2 rings (SSSR count). The average Bonchev–Trinajstić information content (AvgIpc) is 2.76. The molecule has 1 atom stereocenters. The van der Waals surface area contributed by atoms with Crippen LogP contribution in [0.2, 0.25) is 0 Å². The van der Waals surface area contributed by atoms with Crippen LogP contribution in [0.15, 0.2) is 6.20 Å². The first-order valence-electron chi connectivity index (χ1n) is 6.20. The second-order valence-electron chi connectivity index (χ2n) is 4.67. The minimum Gasteiger partial charge on any atom is -0.346 e. The van der Waals surface area contributed by atoms with E-state index in [4.69, 9.17) is 5.73 Å². The van der Waals surface area contributed by atoms with Gasteiger partial charge >= 0.3 is 0 Å². The molecule has 0 saturated carbocycles. The van der Waals surface area contributed by atoms with Crippen molar-refractivity contribution in [2.24, 2.45) is 5.73 Å². The van der Waals surface area contributed by atoms with Crippen molar-refractivity contribution in [2.45, 2.75) is 32.1 Å². The molecule has 1 saturated heterocycles. The molecular formula is C12H20N4O. The van der Waals surface area contributed by atoms with E-state index in [1.165, 1.54) is 0 Å². The van der Waals surface area contributed by atoms with Gasteiger partial charge in [-0.3, -0.25) is 4.79 Å². The Labute approximate surface area is 101 Å². The second-order valence-corrected chi connectivity index (χ2v) is 4.67. The molecule has 1 amide bonds. The van der Waals surface area contributed by atoms with Crippen LogP contribution in [0.1, 0.15) is 36.7 Å². The van der Waals surface area contributed by atoms with Gasteiger partial charge in [-0.2, -0.15) is 0 Å². The Hall–Kier alpha value is -1.36. The number of hydrogen-bond acceptors (Lipinski definition) is 3.